The molecule has 3 aromatic heterocycles. The van der Waals surface area contributed by atoms with Crippen LogP contribution in [0.4, 0.5) is 16.3 Å². The summed E-state index contributed by atoms with van der Waals surface area (Å²) in [4.78, 5) is 16.2. The smallest absolute Gasteiger partial charge is 0.410 e. The second-order valence-corrected chi connectivity index (χ2v) is 7.30. The normalized spacial score (nSPS) is 10.9. The van der Waals surface area contributed by atoms with Crippen molar-refractivity contribution in [1.82, 2.24) is 4.98 Å². The van der Waals surface area contributed by atoms with Gasteiger partial charge in [0.05, 0.1) is 36.5 Å². The van der Waals surface area contributed by atoms with E-state index in [9.17, 15) is 10.1 Å². The van der Waals surface area contributed by atoms with Crippen LogP contribution in [0.5, 0.6) is 5.06 Å². The molecule has 0 aliphatic carbocycles. The fraction of sp³-hybridized carbons (Fsp3) is 0.316. The molecule has 0 aromatic carbocycles. The number of nitrogen functional groups attached to an aromatic ring is 1. The molecule has 0 saturated heterocycles. The maximum atomic E-state index is 11.2. The van der Waals surface area contributed by atoms with Gasteiger partial charge in [0, 0.05) is 6.54 Å². The molecular weight excluding hydrogens is 410 g/mol. The van der Waals surface area contributed by atoms with Crippen molar-refractivity contribution in [3.63, 3.8) is 0 Å². The Morgan fingerprint density at radius 2 is 2.20 bits per heavy atom. The summed E-state index contributed by atoms with van der Waals surface area (Å²) in [6.07, 6.45) is -1.00. The summed E-state index contributed by atoms with van der Waals surface area (Å²) < 4.78 is 16.1. The number of aryl methyl sites for hydroxylation is 2. The Hall–Kier alpha value is -3.33. The highest BCUT2D eigenvalue weighted by Crippen LogP contribution is 2.47. The van der Waals surface area contributed by atoms with Crippen LogP contribution in [0.2, 0.25) is 0 Å². The number of amides is 1. The first-order chi connectivity index (χ1) is 14.4. The zero-order chi connectivity index (χ0) is 21.8. The lowest BCUT2D eigenvalue weighted by Gasteiger charge is -2.12. The zero-order valence-electron chi connectivity index (χ0n) is 16.4. The van der Waals surface area contributed by atoms with E-state index in [-0.39, 0.29) is 29.5 Å². The number of aromatic nitrogens is 1. The van der Waals surface area contributed by atoms with Gasteiger partial charge < -0.3 is 35.8 Å². The number of carbonyl (C=O) groups excluding carboxylic acids is 1. The standard InChI is InChI=1S/C19H21N5O5S/c1-9-7-12(28-10(9)2)13-11(8-20)16(23-3-5-27-6-4-25)24-17-14(13)15(21)18(30-17)29-19(22)26/h7,25H,3-6,21H2,1-2H3,(H2,22,26)(H,23,24). The quantitative estimate of drug-likeness (QED) is 0.391. The zero-order valence-corrected chi connectivity index (χ0v) is 17.3. The van der Waals surface area contributed by atoms with Crippen LogP contribution in [-0.2, 0) is 4.74 Å². The Labute approximate surface area is 176 Å². The van der Waals surface area contributed by atoms with E-state index in [2.05, 4.69) is 16.4 Å². The number of primary amides is 1. The maximum absolute atomic E-state index is 11.2. The molecule has 30 heavy (non-hydrogen) atoms. The molecule has 158 valence electrons. The van der Waals surface area contributed by atoms with Crippen LogP contribution < -0.4 is 21.5 Å². The number of nitrogens with two attached hydrogens (primary N) is 2. The molecular formula is C19H21N5O5S. The molecule has 0 unspecified atom stereocenters. The van der Waals surface area contributed by atoms with Crippen molar-refractivity contribution in [1.29, 1.82) is 5.26 Å². The molecule has 0 atom stereocenters. The van der Waals surface area contributed by atoms with Crippen molar-refractivity contribution >= 4 is 39.2 Å². The van der Waals surface area contributed by atoms with Gasteiger partial charge in [-0.3, -0.25) is 0 Å². The average Bonchev–Trinajstić information content (AvgIpc) is 3.19. The Morgan fingerprint density at radius 3 is 2.80 bits per heavy atom. The molecule has 10 nitrogen and oxygen atoms in total. The van der Waals surface area contributed by atoms with Gasteiger partial charge in [0.1, 0.15) is 33.8 Å². The van der Waals surface area contributed by atoms with Crippen LogP contribution in [0, 0.1) is 25.2 Å². The van der Waals surface area contributed by atoms with E-state index in [0.29, 0.717) is 46.3 Å². The minimum absolute atomic E-state index is 0.0773. The van der Waals surface area contributed by atoms with Gasteiger partial charge in [-0.25, -0.2) is 9.78 Å². The van der Waals surface area contributed by atoms with Crippen LogP contribution >= 0.6 is 11.3 Å². The van der Waals surface area contributed by atoms with Crippen molar-refractivity contribution in [3.8, 4) is 22.5 Å². The van der Waals surface area contributed by atoms with Gasteiger partial charge in [0.15, 0.2) is 0 Å². The maximum Gasteiger partial charge on any atom is 0.410 e. The van der Waals surface area contributed by atoms with Gasteiger partial charge in [-0.05, 0) is 25.5 Å². The third-order valence-electron chi connectivity index (χ3n) is 4.33. The number of nitrogens with zero attached hydrogens (tertiary/aromatic N) is 2. The second-order valence-electron chi connectivity index (χ2n) is 6.34. The summed E-state index contributed by atoms with van der Waals surface area (Å²) in [6.45, 7) is 4.51. The lowest BCUT2D eigenvalue weighted by atomic mass is 10.0. The molecule has 3 heterocycles. The van der Waals surface area contributed by atoms with Crippen molar-refractivity contribution < 1.29 is 23.8 Å². The number of hydrogen-bond donors (Lipinski definition) is 4. The number of anilines is 2. The number of carbonyl (C=O) groups is 1. The number of pyridine rings is 1. The number of nitrogens with one attached hydrogen (secondary N) is 1. The molecule has 0 fully saturated rings. The van der Waals surface area contributed by atoms with Crippen LogP contribution in [0.15, 0.2) is 10.5 Å². The molecule has 0 spiro atoms. The van der Waals surface area contributed by atoms with E-state index in [1.54, 1.807) is 0 Å². The van der Waals surface area contributed by atoms with E-state index in [4.69, 9.17) is 30.5 Å². The van der Waals surface area contributed by atoms with Crippen LogP contribution in [-0.4, -0.2) is 42.5 Å². The van der Waals surface area contributed by atoms with Crippen molar-refractivity contribution in [2.24, 2.45) is 5.73 Å². The van der Waals surface area contributed by atoms with Crippen molar-refractivity contribution in [2.45, 2.75) is 13.8 Å². The van der Waals surface area contributed by atoms with Gasteiger partial charge in [-0.1, -0.05) is 11.3 Å². The minimum atomic E-state index is -1.00. The van der Waals surface area contributed by atoms with Crippen molar-refractivity contribution in [3.05, 3.63) is 23.0 Å². The van der Waals surface area contributed by atoms with E-state index in [1.807, 2.05) is 19.9 Å². The molecule has 3 aromatic rings. The first kappa shape index (κ1) is 21.4. The summed E-state index contributed by atoms with van der Waals surface area (Å²) in [5.41, 5.74) is 13.1. The molecule has 0 aliphatic rings. The Bertz CT molecular complexity index is 1110. The Kier molecular flexibility index (Phi) is 6.41. The van der Waals surface area contributed by atoms with Crippen LogP contribution in [0.3, 0.4) is 0 Å². The number of aliphatic hydroxyl groups excluding tert-OH is 1. The van der Waals surface area contributed by atoms with Crippen LogP contribution in [0.25, 0.3) is 21.5 Å². The van der Waals surface area contributed by atoms with E-state index in [1.165, 1.54) is 0 Å². The number of hydrogen-bond acceptors (Lipinski definition) is 10. The number of ether oxygens (including phenoxy) is 2. The Balaban J connectivity index is 2.17. The van der Waals surface area contributed by atoms with E-state index >= 15 is 0 Å². The highest BCUT2D eigenvalue weighted by molar-refractivity contribution is 7.21. The third-order valence-corrected chi connectivity index (χ3v) is 5.31. The number of aliphatic hydroxyl groups is 1. The summed E-state index contributed by atoms with van der Waals surface area (Å²) in [5, 5.41) is 22.3. The number of rotatable bonds is 8. The minimum Gasteiger partial charge on any atom is -0.461 e. The Morgan fingerprint density at radius 1 is 1.43 bits per heavy atom. The SMILES string of the molecule is Cc1cc(-c2c(C#N)c(NCCOCCO)nc3sc(OC(N)=O)c(N)c23)oc1C. The first-order valence-corrected chi connectivity index (χ1v) is 9.82. The lowest BCUT2D eigenvalue weighted by Crippen LogP contribution is -2.16. The fourth-order valence-corrected chi connectivity index (χ4v) is 3.85. The molecule has 3 rings (SSSR count). The number of furan rings is 1. The summed E-state index contributed by atoms with van der Waals surface area (Å²) in [6, 6.07) is 3.97. The second kappa shape index (κ2) is 9.00. The predicted octanol–water partition coefficient (Wildman–Crippen LogP) is 2.51. The largest absolute Gasteiger partial charge is 0.461 e. The lowest BCUT2D eigenvalue weighted by molar-refractivity contribution is 0.0992. The van der Waals surface area contributed by atoms with Gasteiger partial charge in [0.25, 0.3) is 0 Å². The molecule has 11 heteroatoms. The topological polar surface area (TPSA) is 170 Å². The van der Waals surface area contributed by atoms with Gasteiger partial charge in [-0.15, -0.1) is 0 Å². The third kappa shape index (κ3) is 4.16. The molecule has 0 saturated carbocycles. The van der Waals surface area contributed by atoms with Crippen LogP contribution in [0.1, 0.15) is 16.9 Å². The highest BCUT2D eigenvalue weighted by atomic mass is 32.1. The summed E-state index contributed by atoms with van der Waals surface area (Å²) in [5.74, 6) is 1.46. The summed E-state index contributed by atoms with van der Waals surface area (Å²) >= 11 is 1.04. The van der Waals surface area contributed by atoms with Gasteiger partial charge >= 0.3 is 6.09 Å². The molecule has 1 amide bonds. The van der Waals surface area contributed by atoms with E-state index < -0.39 is 6.09 Å². The monoisotopic (exact) mass is 431 g/mol. The first-order valence-electron chi connectivity index (χ1n) is 9.00. The van der Waals surface area contributed by atoms with E-state index in [0.717, 1.165) is 16.9 Å². The van der Waals surface area contributed by atoms with Gasteiger partial charge in [0.2, 0.25) is 5.06 Å². The average molecular weight is 431 g/mol. The fourth-order valence-electron chi connectivity index (χ4n) is 2.89. The number of thiophene rings is 1. The van der Waals surface area contributed by atoms with Crippen molar-refractivity contribution in [2.75, 3.05) is 37.4 Å². The molecule has 0 aliphatic heterocycles. The number of nitriles is 1. The van der Waals surface area contributed by atoms with Gasteiger partial charge in [-0.2, -0.15) is 5.26 Å². The number of fused-ring (bicyclic) bond motifs is 1. The highest BCUT2D eigenvalue weighted by Gasteiger charge is 2.25. The molecule has 0 bridgehead atoms. The molecule has 6 N–H and O–H groups in total. The summed E-state index contributed by atoms with van der Waals surface area (Å²) in [7, 11) is 0. The predicted molar refractivity (Wildman–Crippen MR) is 113 cm³/mol. The molecule has 0 radical (unpaired) electrons.